The van der Waals surface area contributed by atoms with Crippen molar-refractivity contribution in [1.82, 2.24) is 0 Å². The van der Waals surface area contributed by atoms with Crippen LogP contribution < -0.4 is 0 Å². The highest BCUT2D eigenvalue weighted by atomic mass is 16.5. The van der Waals surface area contributed by atoms with Gasteiger partial charge in [0.25, 0.3) is 0 Å². The Balaban J connectivity index is 1.84. The second-order valence-electron chi connectivity index (χ2n) is 6.99. The third kappa shape index (κ3) is 3.11. The first-order valence-corrected chi connectivity index (χ1v) is 9.27. The van der Waals surface area contributed by atoms with Gasteiger partial charge < -0.3 is 4.74 Å². The number of benzene rings is 3. The van der Waals surface area contributed by atoms with Gasteiger partial charge in [-0.05, 0) is 34.9 Å². The highest BCUT2D eigenvalue weighted by Gasteiger charge is 2.41. The van der Waals surface area contributed by atoms with Gasteiger partial charge >= 0.3 is 0 Å². The molecule has 0 aliphatic heterocycles. The largest absolute Gasteiger partial charge is 0.361 e. The Morgan fingerprint density at radius 2 is 1.19 bits per heavy atom. The van der Waals surface area contributed by atoms with E-state index in [9.17, 15) is 0 Å². The number of allylic oxidation sites excluding steroid dienone is 1. The van der Waals surface area contributed by atoms with E-state index in [1.54, 1.807) is 0 Å². The molecule has 0 heterocycles. The summed E-state index contributed by atoms with van der Waals surface area (Å²) in [6.45, 7) is 4.67. The molecule has 1 aliphatic carbocycles. The Morgan fingerprint density at radius 3 is 1.54 bits per heavy atom. The van der Waals surface area contributed by atoms with E-state index >= 15 is 0 Å². The maximum Gasteiger partial charge on any atom is 0.143 e. The van der Waals surface area contributed by atoms with Crippen LogP contribution in [-0.4, -0.2) is 6.61 Å². The summed E-state index contributed by atoms with van der Waals surface area (Å²) in [7, 11) is 0. The third-order valence-corrected chi connectivity index (χ3v) is 5.33. The van der Waals surface area contributed by atoms with Crippen LogP contribution in [0.3, 0.4) is 0 Å². The first kappa shape index (κ1) is 16.8. The Labute approximate surface area is 156 Å². The van der Waals surface area contributed by atoms with Crippen molar-refractivity contribution in [3.63, 3.8) is 0 Å². The second-order valence-corrected chi connectivity index (χ2v) is 6.99. The van der Waals surface area contributed by atoms with Gasteiger partial charge in [0.15, 0.2) is 0 Å². The average Bonchev–Trinajstić information content (AvgIpc) is 3.50. The second kappa shape index (κ2) is 7.31. The van der Waals surface area contributed by atoms with Crippen molar-refractivity contribution in [3.8, 4) is 0 Å². The Morgan fingerprint density at radius 1 is 0.769 bits per heavy atom. The van der Waals surface area contributed by atoms with Crippen LogP contribution in [0.5, 0.6) is 0 Å². The van der Waals surface area contributed by atoms with Crippen molar-refractivity contribution in [2.24, 2.45) is 11.8 Å². The van der Waals surface area contributed by atoms with Crippen molar-refractivity contribution >= 4 is 0 Å². The Kier molecular flexibility index (Phi) is 4.73. The average molecular weight is 340 g/mol. The fraction of sp³-hybridized carbons (Fsp3) is 0.200. The molecule has 0 amide bonds. The van der Waals surface area contributed by atoms with E-state index in [1.165, 1.54) is 6.42 Å². The first-order chi connectivity index (χ1) is 12.8. The predicted octanol–water partition coefficient (Wildman–Crippen LogP) is 5.82. The third-order valence-electron chi connectivity index (χ3n) is 5.33. The van der Waals surface area contributed by atoms with Gasteiger partial charge in [-0.3, -0.25) is 0 Å². The van der Waals surface area contributed by atoms with Gasteiger partial charge in [-0.1, -0.05) is 97.1 Å². The van der Waals surface area contributed by atoms with Gasteiger partial charge in [0, 0.05) is 0 Å². The lowest BCUT2D eigenvalue weighted by Crippen LogP contribution is -2.33. The summed E-state index contributed by atoms with van der Waals surface area (Å²) < 4.78 is 6.80. The minimum absolute atomic E-state index is 0.572. The van der Waals surface area contributed by atoms with Crippen LogP contribution >= 0.6 is 0 Å². The molecule has 0 unspecified atom stereocenters. The van der Waals surface area contributed by atoms with Crippen LogP contribution in [0.2, 0.25) is 0 Å². The molecule has 130 valence electrons. The fourth-order valence-corrected chi connectivity index (χ4v) is 3.75. The molecule has 0 N–H and O–H groups in total. The summed E-state index contributed by atoms with van der Waals surface area (Å²) in [6.07, 6.45) is 3.24. The molecule has 1 fully saturated rings. The van der Waals surface area contributed by atoms with E-state index in [1.807, 2.05) is 0 Å². The number of hydrogen-bond acceptors (Lipinski definition) is 1. The summed E-state index contributed by atoms with van der Waals surface area (Å²) in [5.74, 6) is 1.16. The highest BCUT2D eigenvalue weighted by Crippen LogP contribution is 2.45. The number of rotatable bonds is 7. The minimum Gasteiger partial charge on any atom is -0.361 e. The molecule has 1 saturated carbocycles. The minimum atomic E-state index is -0.599. The van der Waals surface area contributed by atoms with Crippen molar-refractivity contribution < 1.29 is 4.74 Å². The van der Waals surface area contributed by atoms with E-state index in [-0.39, 0.29) is 0 Å². The molecular formula is C25H24O. The van der Waals surface area contributed by atoms with Crippen LogP contribution in [0.25, 0.3) is 0 Å². The quantitative estimate of drug-likeness (QED) is 0.389. The predicted molar refractivity (Wildman–Crippen MR) is 107 cm³/mol. The summed E-state index contributed by atoms with van der Waals surface area (Å²) in [6, 6.07) is 31.7. The van der Waals surface area contributed by atoms with E-state index in [2.05, 4.69) is 104 Å². The topological polar surface area (TPSA) is 9.23 Å². The fourth-order valence-electron chi connectivity index (χ4n) is 3.75. The number of ether oxygens (including phenoxy) is 1. The molecule has 2 atom stereocenters. The Hall–Kier alpha value is -2.64. The van der Waals surface area contributed by atoms with Crippen LogP contribution in [0.1, 0.15) is 23.1 Å². The van der Waals surface area contributed by atoms with Gasteiger partial charge in [0.2, 0.25) is 0 Å². The monoisotopic (exact) mass is 340 g/mol. The zero-order valence-corrected chi connectivity index (χ0v) is 14.9. The van der Waals surface area contributed by atoms with Crippen molar-refractivity contribution in [2.75, 3.05) is 6.61 Å². The van der Waals surface area contributed by atoms with Crippen molar-refractivity contribution in [1.29, 1.82) is 0 Å². The Bertz CT molecular complexity index is 742. The summed E-state index contributed by atoms with van der Waals surface area (Å²) in [5, 5.41) is 0. The molecule has 1 nitrogen and oxygen atoms in total. The smallest absolute Gasteiger partial charge is 0.143 e. The molecule has 0 radical (unpaired) electrons. The molecule has 0 bridgehead atoms. The summed E-state index contributed by atoms with van der Waals surface area (Å²) in [4.78, 5) is 0. The lowest BCUT2D eigenvalue weighted by Gasteiger charge is -2.36. The lowest BCUT2D eigenvalue weighted by atomic mass is 9.80. The maximum absolute atomic E-state index is 6.80. The number of hydrogen-bond donors (Lipinski definition) is 0. The summed E-state index contributed by atoms with van der Waals surface area (Å²) in [5.41, 5.74) is 2.88. The molecule has 0 spiro atoms. The molecule has 26 heavy (non-hydrogen) atoms. The van der Waals surface area contributed by atoms with Crippen molar-refractivity contribution in [3.05, 3.63) is 120 Å². The van der Waals surface area contributed by atoms with E-state index < -0.39 is 5.60 Å². The van der Waals surface area contributed by atoms with Crippen LogP contribution in [0.15, 0.2) is 104 Å². The maximum atomic E-state index is 6.80. The normalized spacial score (nSPS) is 19.1. The van der Waals surface area contributed by atoms with Gasteiger partial charge in [-0.15, -0.1) is 6.58 Å². The van der Waals surface area contributed by atoms with E-state index in [0.717, 1.165) is 23.3 Å². The molecule has 3 aromatic carbocycles. The van der Waals surface area contributed by atoms with Gasteiger partial charge in [0.1, 0.15) is 5.60 Å². The standard InChI is InChI=1S/C25H24O/c1-2-20-18-21(20)19-26-25(22-12-6-3-7-13-22,23-14-8-4-9-15-23)24-16-10-5-11-17-24/h2-17,20-21H,1,18-19H2/t20-,21-/m0/s1. The molecule has 3 aromatic rings. The molecule has 1 heteroatoms. The molecule has 0 saturated heterocycles. The molecule has 0 aromatic heterocycles. The van der Waals surface area contributed by atoms with Gasteiger partial charge in [-0.2, -0.15) is 0 Å². The highest BCUT2D eigenvalue weighted by molar-refractivity contribution is 5.47. The van der Waals surface area contributed by atoms with Crippen molar-refractivity contribution in [2.45, 2.75) is 12.0 Å². The van der Waals surface area contributed by atoms with Gasteiger partial charge in [0.05, 0.1) is 6.61 Å². The van der Waals surface area contributed by atoms with Crippen LogP contribution in [0.4, 0.5) is 0 Å². The zero-order chi connectivity index (χ0) is 17.8. The molecular weight excluding hydrogens is 316 g/mol. The van der Waals surface area contributed by atoms with E-state index in [4.69, 9.17) is 4.74 Å². The first-order valence-electron chi connectivity index (χ1n) is 9.27. The van der Waals surface area contributed by atoms with Gasteiger partial charge in [-0.25, -0.2) is 0 Å². The van der Waals surface area contributed by atoms with Crippen LogP contribution in [0, 0.1) is 11.8 Å². The SMILES string of the molecule is C=C[C@H]1C[C@H]1COC(c1ccccc1)(c1ccccc1)c1ccccc1. The molecule has 1 aliphatic rings. The molecule has 4 rings (SSSR count). The zero-order valence-electron chi connectivity index (χ0n) is 14.9. The summed E-state index contributed by atoms with van der Waals surface area (Å²) >= 11 is 0. The van der Waals surface area contributed by atoms with E-state index in [0.29, 0.717) is 11.8 Å². The van der Waals surface area contributed by atoms with Crippen LogP contribution in [-0.2, 0) is 10.3 Å². The lowest BCUT2D eigenvalue weighted by molar-refractivity contribution is 0.00513.